The van der Waals surface area contributed by atoms with Crippen LogP contribution in [0.5, 0.6) is 0 Å². The Balaban J connectivity index is 2.02. The molecule has 0 amide bonds. The Bertz CT molecular complexity index is 1010. The maximum atomic E-state index is 2.34. The third kappa shape index (κ3) is 3.14. The van der Waals surface area contributed by atoms with Gasteiger partial charge in [0.05, 0.1) is 5.70 Å². The van der Waals surface area contributed by atoms with E-state index in [2.05, 4.69) is 109 Å². The van der Waals surface area contributed by atoms with E-state index in [0.717, 1.165) is 6.42 Å². The molecule has 0 bridgehead atoms. The van der Waals surface area contributed by atoms with E-state index in [9.17, 15) is 0 Å². The Hall–Kier alpha value is -3.06. The second-order valence-corrected chi connectivity index (χ2v) is 6.32. The van der Waals surface area contributed by atoms with Crippen LogP contribution in [0.2, 0.25) is 0 Å². The van der Waals surface area contributed by atoms with Crippen LogP contribution in [0, 0.1) is 6.92 Å². The Morgan fingerprint density at radius 2 is 1.40 bits per heavy atom. The zero-order chi connectivity index (χ0) is 17.1. The molecule has 0 aromatic heterocycles. The van der Waals surface area contributed by atoms with Crippen LogP contribution >= 0.6 is 0 Å². The first-order chi connectivity index (χ1) is 12.3. The van der Waals surface area contributed by atoms with Crippen LogP contribution in [-0.2, 0) is 0 Å². The fourth-order valence-electron chi connectivity index (χ4n) is 3.27. The molecule has 0 spiro atoms. The van der Waals surface area contributed by atoms with Crippen LogP contribution < -0.4 is 15.3 Å². The maximum absolute atomic E-state index is 2.34. The molecule has 0 aliphatic heterocycles. The predicted octanol–water partition coefficient (Wildman–Crippen LogP) is 4.68. The average Bonchev–Trinajstić information content (AvgIpc) is 2.87. The van der Waals surface area contributed by atoms with Gasteiger partial charge in [0.25, 0.3) is 0 Å². The average molecular weight is 323 g/mol. The molecule has 0 heterocycles. The number of para-hydroxylation sites is 1. The first kappa shape index (κ1) is 15.5. The van der Waals surface area contributed by atoms with Crippen molar-refractivity contribution < 1.29 is 0 Å². The zero-order valence-electron chi connectivity index (χ0n) is 14.4. The second-order valence-electron chi connectivity index (χ2n) is 6.32. The van der Waals surface area contributed by atoms with E-state index in [-0.39, 0.29) is 0 Å². The number of nitrogens with zero attached hydrogens (tertiary/aromatic N) is 1. The van der Waals surface area contributed by atoms with Crippen molar-refractivity contribution in [3.05, 3.63) is 107 Å². The van der Waals surface area contributed by atoms with Crippen LogP contribution in [0.25, 0.3) is 11.8 Å². The molecule has 3 aromatic rings. The van der Waals surface area contributed by atoms with Crippen molar-refractivity contribution in [1.29, 1.82) is 0 Å². The number of fused-ring (bicyclic) bond motifs is 1. The van der Waals surface area contributed by atoms with E-state index in [1.54, 1.807) is 0 Å². The maximum Gasteiger partial charge on any atom is 0.0536 e. The lowest BCUT2D eigenvalue weighted by Crippen LogP contribution is -2.31. The summed E-state index contributed by atoms with van der Waals surface area (Å²) in [7, 11) is 0. The van der Waals surface area contributed by atoms with Gasteiger partial charge >= 0.3 is 0 Å². The summed E-state index contributed by atoms with van der Waals surface area (Å²) in [6, 6.07) is 27.9. The van der Waals surface area contributed by atoms with Gasteiger partial charge in [-0.1, -0.05) is 72.3 Å². The van der Waals surface area contributed by atoms with Gasteiger partial charge in [0.2, 0.25) is 0 Å². The highest BCUT2D eigenvalue weighted by Crippen LogP contribution is 2.30. The fourth-order valence-corrected chi connectivity index (χ4v) is 3.27. The van der Waals surface area contributed by atoms with E-state index in [0.29, 0.717) is 0 Å². The Kier molecular flexibility index (Phi) is 4.22. The zero-order valence-corrected chi connectivity index (χ0v) is 14.4. The SMILES string of the molecule is Cc1ccc(N(C2=c3ccccc3=CCC=C2)c2ccccc2)cc1. The first-order valence-corrected chi connectivity index (χ1v) is 8.71. The van der Waals surface area contributed by atoms with E-state index >= 15 is 0 Å². The van der Waals surface area contributed by atoms with Gasteiger partial charge in [-0.3, -0.25) is 0 Å². The van der Waals surface area contributed by atoms with Crippen LogP contribution in [0.3, 0.4) is 0 Å². The molecule has 0 atom stereocenters. The van der Waals surface area contributed by atoms with Crippen LogP contribution in [0.1, 0.15) is 12.0 Å². The summed E-state index contributed by atoms with van der Waals surface area (Å²) in [5, 5.41) is 2.55. The fraction of sp³-hybridized carbons (Fsp3) is 0.0833. The van der Waals surface area contributed by atoms with Gasteiger partial charge in [-0.15, -0.1) is 0 Å². The molecule has 0 saturated carbocycles. The summed E-state index contributed by atoms with van der Waals surface area (Å²) in [5.74, 6) is 0. The van der Waals surface area contributed by atoms with Gasteiger partial charge in [-0.25, -0.2) is 0 Å². The molecular formula is C24H21N. The highest BCUT2D eigenvalue weighted by atomic mass is 15.1. The number of aryl methyl sites for hydroxylation is 1. The van der Waals surface area contributed by atoms with Gasteiger partial charge in [-0.2, -0.15) is 0 Å². The third-order valence-electron chi connectivity index (χ3n) is 4.53. The molecule has 0 saturated heterocycles. The summed E-state index contributed by atoms with van der Waals surface area (Å²) >= 11 is 0. The Morgan fingerprint density at radius 1 is 0.720 bits per heavy atom. The molecule has 3 aromatic carbocycles. The summed E-state index contributed by atoms with van der Waals surface area (Å²) in [4.78, 5) is 2.34. The largest absolute Gasteiger partial charge is 0.310 e. The highest BCUT2D eigenvalue weighted by molar-refractivity contribution is 5.84. The van der Waals surface area contributed by atoms with Gasteiger partial charge < -0.3 is 4.90 Å². The van der Waals surface area contributed by atoms with Gasteiger partial charge in [-0.05, 0) is 48.9 Å². The van der Waals surface area contributed by atoms with E-state index in [4.69, 9.17) is 0 Å². The topological polar surface area (TPSA) is 3.24 Å². The minimum absolute atomic E-state index is 0.955. The van der Waals surface area contributed by atoms with E-state index in [1.165, 1.54) is 33.1 Å². The third-order valence-corrected chi connectivity index (χ3v) is 4.53. The number of allylic oxidation sites excluding steroid dienone is 1. The smallest absolute Gasteiger partial charge is 0.0536 e. The van der Waals surface area contributed by atoms with Crippen molar-refractivity contribution in [3.63, 3.8) is 0 Å². The number of benzene rings is 3. The monoisotopic (exact) mass is 323 g/mol. The lowest BCUT2D eigenvalue weighted by molar-refractivity contribution is 1.28. The minimum Gasteiger partial charge on any atom is -0.310 e. The number of hydrogen-bond acceptors (Lipinski definition) is 1. The molecule has 1 aliphatic carbocycles. The van der Waals surface area contributed by atoms with Crippen LogP contribution in [0.4, 0.5) is 11.4 Å². The summed E-state index contributed by atoms with van der Waals surface area (Å²) < 4.78 is 0. The van der Waals surface area contributed by atoms with Crippen molar-refractivity contribution in [3.8, 4) is 0 Å². The molecule has 4 rings (SSSR count). The first-order valence-electron chi connectivity index (χ1n) is 8.71. The van der Waals surface area contributed by atoms with Crippen molar-refractivity contribution in [2.24, 2.45) is 0 Å². The van der Waals surface area contributed by atoms with Gasteiger partial charge in [0.1, 0.15) is 0 Å². The van der Waals surface area contributed by atoms with Crippen molar-refractivity contribution in [1.82, 2.24) is 0 Å². The molecule has 1 heteroatoms. The number of hydrogen-bond donors (Lipinski definition) is 0. The summed E-state index contributed by atoms with van der Waals surface area (Å²) in [6.07, 6.45) is 7.73. The molecule has 122 valence electrons. The molecule has 0 unspecified atom stereocenters. The summed E-state index contributed by atoms with van der Waals surface area (Å²) in [5.41, 5.74) is 4.82. The Labute approximate surface area is 148 Å². The minimum atomic E-state index is 0.955. The molecule has 25 heavy (non-hydrogen) atoms. The quantitative estimate of drug-likeness (QED) is 0.676. The predicted molar refractivity (Wildman–Crippen MR) is 107 cm³/mol. The lowest BCUT2D eigenvalue weighted by atomic mass is 10.1. The summed E-state index contributed by atoms with van der Waals surface area (Å²) in [6.45, 7) is 2.12. The molecule has 0 N–H and O–H groups in total. The van der Waals surface area contributed by atoms with E-state index < -0.39 is 0 Å². The van der Waals surface area contributed by atoms with Crippen molar-refractivity contribution >= 4 is 23.1 Å². The Morgan fingerprint density at radius 3 is 2.20 bits per heavy atom. The second kappa shape index (κ2) is 6.82. The van der Waals surface area contributed by atoms with Gasteiger partial charge in [0, 0.05) is 16.6 Å². The van der Waals surface area contributed by atoms with Crippen LogP contribution in [0.15, 0.2) is 91.0 Å². The molecule has 0 fully saturated rings. The highest BCUT2D eigenvalue weighted by Gasteiger charge is 2.14. The van der Waals surface area contributed by atoms with Gasteiger partial charge in [0.15, 0.2) is 0 Å². The lowest BCUT2D eigenvalue weighted by Gasteiger charge is -2.26. The van der Waals surface area contributed by atoms with Crippen molar-refractivity contribution in [2.75, 3.05) is 4.90 Å². The van der Waals surface area contributed by atoms with Crippen molar-refractivity contribution in [2.45, 2.75) is 13.3 Å². The number of rotatable bonds is 3. The standard InChI is InChI=1S/C24H21N/c1-19-15-17-22(18-16-19)25(21-11-3-2-4-12-21)24-14-8-6-10-20-9-5-7-13-23(20)24/h2-5,7-18H,6H2,1H3. The van der Waals surface area contributed by atoms with Crippen LogP contribution in [-0.4, -0.2) is 0 Å². The van der Waals surface area contributed by atoms with E-state index in [1.807, 2.05) is 0 Å². The molecule has 1 nitrogen and oxygen atoms in total. The molecule has 0 radical (unpaired) electrons. The molecular weight excluding hydrogens is 302 g/mol. The normalized spacial score (nSPS) is 12.9. The molecule has 1 aliphatic rings. The number of anilines is 2.